The number of hydrogen-bond donors (Lipinski definition) is 0. The van der Waals surface area contributed by atoms with Crippen molar-refractivity contribution in [2.24, 2.45) is 0 Å². The van der Waals surface area contributed by atoms with Crippen molar-refractivity contribution in [2.75, 3.05) is 0 Å². The number of nitrogens with zero attached hydrogens (tertiary/aromatic N) is 1. The van der Waals surface area contributed by atoms with Gasteiger partial charge < -0.3 is 4.74 Å². The summed E-state index contributed by atoms with van der Waals surface area (Å²) in [4.78, 5) is 0. The van der Waals surface area contributed by atoms with Crippen molar-refractivity contribution < 1.29 is 4.74 Å². The molecular formula is C9H6Cl3NOS. The molecule has 0 N–H and O–H groups in total. The lowest BCUT2D eigenvalue weighted by Crippen LogP contribution is -2.27. The molecule has 0 aliphatic rings. The Morgan fingerprint density at radius 1 is 1.33 bits per heavy atom. The van der Waals surface area contributed by atoms with Gasteiger partial charge in [-0.25, -0.2) is 0 Å². The Balaban J connectivity index is 2.64. The smallest absolute Gasteiger partial charge is 0.227 e. The van der Waals surface area contributed by atoms with Crippen LogP contribution in [-0.4, -0.2) is 9.23 Å². The molecule has 0 saturated heterocycles. The number of alkyl halides is 3. The van der Waals surface area contributed by atoms with E-state index in [0.717, 1.165) is 0 Å². The molecule has 1 aromatic carbocycles. The molecule has 0 fully saturated rings. The molecular weight excluding hydrogens is 277 g/mol. The van der Waals surface area contributed by atoms with Crippen molar-refractivity contribution in [1.29, 1.82) is 5.26 Å². The van der Waals surface area contributed by atoms with Crippen LogP contribution >= 0.6 is 46.6 Å². The number of nitriles is 1. The minimum atomic E-state index is -1.49. The van der Waals surface area contributed by atoms with Crippen LogP contribution in [0, 0.1) is 10.7 Å². The zero-order valence-corrected chi connectivity index (χ0v) is 10.4. The quantitative estimate of drug-likeness (QED) is 0.619. The molecule has 0 bridgehead atoms. The third kappa shape index (κ3) is 4.00. The number of hydrogen-bond acceptors (Lipinski definition) is 3. The van der Waals surface area contributed by atoms with E-state index < -0.39 is 9.23 Å². The third-order valence-electron chi connectivity index (χ3n) is 1.43. The van der Waals surface area contributed by atoms with E-state index >= 15 is 0 Å². The molecule has 80 valence electrons. The summed E-state index contributed by atoms with van der Waals surface area (Å²) in [7, 11) is 0. The van der Waals surface area contributed by atoms with E-state index in [2.05, 4.69) is 0 Å². The van der Waals surface area contributed by atoms with Crippen molar-refractivity contribution in [2.45, 2.75) is 9.23 Å². The lowest BCUT2D eigenvalue weighted by Gasteiger charge is -2.22. The summed E-state index contributed by atoms with van der Waals surface area (Å²) in [5.41, 5.74) is -1.01. The summed E-state index contributed by atoms with van der Waals surface area (Å²) in [6.45, 7) is 0. The summed E-state index contributed by atoms with van der Waals surface area (Å²) < 4.78 is 3.77. The maximum atomic E-state index is 8.45. The molecule has 0 radical (unpaired) electrons. The first kappa shape index (κ1) is 12.8. The van der Waals surface area contributed by atoms with Gasteiger partial charge in [0.2, 0.25) is 9.23 Å². The Hall–Kier alpha value is -0.270. The summed E-state index contributed by atoms with van der Waals surface area (Å²) in [5.74, 6) is 0.543. The molecule has 0 aliphatic heterocycles. The molecule has 15 heavy (non-hydrogen) atoms. The largest absolute Gasteiger partial charge is 0.471 e. The highest BCUT2D eigenvalue weighted by Gasteiger charge is 2.36. The summed E-state index contributed by atoms with van der Waals surface area (Å²) in [5, 5.41) is 10.2. The molecule has 0 heterocycles. The molecule has 1 unspecified atom stereocenters. The van der Waals surface area contributed by atoms with Gasteiger partial charge in [-0.3, -0.25) is 0 Å². The van der Waals surface area contributed by atoms with Crippen LogP contribution in [-0.2, 0) is 0 Å². The number of thiocyanates is 1. The van der Waals surface area contributed by atoms with Crippen molar-refractivity contribution in [3.8, 4) is 11.2 Å². The van der Waals surface area contributed by atoms with Crippen molar-refractivity contribution in [3.05, 3.63) is 30.3 Å². The van der Waals surface area contributed by atoms with Crippen LogP contribution in [0.3, 0.4) is 0 Å². The highest BCUT2D eigenvalue weighted by molar-refractivity contribution is 8.07. The van der Waals surface area contributed by atoms with Gasteiger partial charge in [0, 0.05) is 0 Å². The predicted octanol–water partition coefficient (Wildman–Crippen LogP) is 3.98. The Bertz CT molecular complexity index is 352. The SMILES string of the molecule is N#CSC(Cl)(Cl)C(Cl)Oc1ccccc1. The molecule has 0 spiro atoms. The van der Waals surface area contributed by atoms with E-state index in [1.807, 2.05) is 6.07 Å². The van der Waals surface area contributed by atoms with Gasteiger partial charge in [-0.05, 0) is 23.9 Å². The predicted molar refractivity (Wildman–Crippen MR) is 64.4 cm³/mol. The van der Waals surface area contributed by atoms with Crippen LogP contribution in [0.1, 0.15) is 0 Å². The van der Waals surface area contributed by atoms with Crippen molar-refractivity contribution in [3.63, 3.8) is 0 Å². The first-order valence-corrected chi connectivity index (χ1v) is 5.88. The maximum absolute atomic E-state index is 8.45. The second-order valence-corrected chi connectivity index (χ2v) is 5.76. The van der Waals surface area contributed by atoms with Gasteiger partial charge >= 0.3 is 0 Å². The molecule has 2 nitrogen and oxygen atoms in total. The van der Waals surface area contributed by atoms with Crippen LogP contribution < -0.4 is 4.74 Å². The third-order valence-corrected chi connectivity index (χ3v) is 3.63. The fourth-order valence-corrected chi connectivity index (χ4v) is 1.59. The summed E-state index contributed by atoms with van der Waals surface area (Å²) in [6.07, 6.45) is 0. The number of benzene rings is 1. The van der Waals surface area contributed by atoms with E-state index in [1.54, 1.807) is 29.7 Å². The van der Waals surface area contributed by atoms with Gasteiger partial charge in [-0.15, -0.1) is 0 Å². The average molecular weight is 283 g/mol. The van der Waals surface area contributed by atoms with Crippen molar-refractivity contribution in [1.82, 2.24) is 0 Å². The van der Waals surface area contributed by atoms with E-state index in [4.69, 9.17) is 44.8 Å². The molecule has 6 heteroatoms. The minimum Gasteiger partial charge on any atom is -0.471 e. The topological polar surface area (TPSA) is 33.0 Å². The zero-order chi connectivity index (χ0) is 11.3. The molecule has 1 aromatic rings. The van der Waals surface area contributed by atoms with Gasteiger partial charge in [-0.2, -0.15) is 5.26 Å². The minimum absolute atomic E-state index is 0.543. The van der Waals surface area contributed by atoms with Crippen LogP contribution in [0.15, 0.2) is 30.3 Å². The Morgan fingerprint density at radius 2 is 1.93 bits per heavy atom. The van der Waals surface area contributed by atoms with Crippen LogP contribution in [0.25, 0.3) is 0 Å². The number of rotatable bonds is 4. The Morgan fingerprint density at radius 3 is 2.47 bits per heavy atom. The standard InChI is InChI=1S/C9H6Cl3NOS/c10-8(9(11,12)15-6-13)14-7-4-2-1-3-5-7/h1-5,8H. The maximum Gasteiger partial charge on any atom is 0.227 e. The second-order valence-electron chi connectivity index (χ2n) is 2.50. The first-order chi connectivity index (χ1) is 7.06. The lowest BCUT2D eigenvalue weighted by atomic mass is 10.3. The van der Waals surface area contributed by atoms with E-state index in [9.17, 15) is 0 Å². The average Bonchev–Trinajstić information content (AvgIpc) is 2.19. The normalized spacial score (nSPS) is 12.9. The van der Waals surface area contributed by atoms with Crippen molar-refractivity contribution >= 4 is 46.6 Å². The van der Waals surface area contributed by atoms with E-state index in [-0.39, 0.29) is 0 Å². The molecule has 0 saturated carbocycles. The van der Waals surface area contributed by atoms with Gasteiger partial charge in [0.15, 0.2) is 0 Å². The highest BCUT2D eigenvalue weighted by Crippen LogP contribution is 2.40. The van der Waals surface area contributed by atoms with Crippen LogP contribution in [0.4, 0.5) is 0 Å². The molecule has 0 aliphatic carbocycles. The second kappa shape index (κ2) is 5.72. The summed E-state index contributed by atoms with van der Waals surface area (Å²) >= 11 is 18.0. The zero-order valence-electron chi connectivity index (χ0n) is 7.36. The highest BCUT2D eigenvalue weighted by atomic mass is 35.5. The Labute approximate surface area is 107 Å². The number of thioether (sulfide) groups is 1. The first-order valence-electron chi connectivity index (χ1n) is 3.87. The number of halogens is 3. The van der Waals surface area contributed by atoms with Gasteiger partial charge in [0.1, 0.15) is 11.2 Å². The molecule has 1 rings (SSSR count). The molecule has 0 amide bonds. The molecule has 0 aromatic heterocycles. The number of para-hydroxylation sites is 1. The van der Waals surface area contributed by atoms with Crippen LogP contribution in [0.5, 0.6) is 5.75 Å². The lowest BCUT2D eigenvalue weighted by molar-refractivity contribution is 0.288. The van der Waals surface area contributed by atoms with E-state index in [1.165, 1.54) is 0 Å². The molecule has 1 atom stereocenters. The Kier molecular flexibility index (Phi) is 4.88. The summed E-state index contributed by atoms with van der Waals surface area (Å²) in [6, 6.07) is 8.86. The van der Waals surface area contributed by atoms with Crippen LogP contribution in [0.2, 0.25) is 0 Å². The number of ether oxygens (including phenoxy) is 1. The van der Waals surface area contributed by atoms with Gasteiger partial charge in [0.05, 0.1) is 0 Å². The monoisotopic (exact) mass is 281 g/mol. The van der Waals surface area contributed by atoms with Gasteiger partial charge in [-0.1, -0.05) is 53.0 Å². The fourth-order valence-electron chi connectivity index (χ4n) is 0.794. The van der Waals surface area contributed by atoms with Gasteiger partial charge in [0.25, 0.3) is 0 Å². The fraction of sp³-hybridized carbons (Fsp3) is 0.222. The van der Waals surface area contributed by atoms with E-state index in [0.29, 0.717) is 17.5 Å².